The third kappa shape index (κ3) is 4.05. The molecule has 2 heterocycles. The average molecular weight is 410 g/mol. The third-order valence-corrected chi connectivity index (χ3v) is 6.04. The van der Waals surface area contributed by atoms with Gasteiger partial charge in [0.1, 0.15) is 22.0 Å². The van der Waals surface area contributed by atoms with E-state index in [2.05, 4.69) is 15.3 Å². The van der Waals surface area contributed by atoms with E-state index in [0.717, 1.165) is 37.6 Å². The highest BCUT2D eigenvalue weighted by molar-refractivity contribution is 8.00. The third-order valence-electron chi connectivity index (χ3n) is 4.17. The van der Waals surface area contributed by atoms with Crippen LogP contribution in [0, 0.1) is 12.7 Å². The van der Waals surface area contributed by atoms with E-state index in [0.29, 0.717) is 0 Å². The van der Waals surface area contributed by atoms with Crippen LogP contribution >= 0.6 is 23.1 Å². The summed E-state index contributed by atoms with van der Waals surface area (Å²) in [5.41, 5.74) is 3.75. The number of hydrogen-bond acceptors (Lipinski definition) is 5. The summed E-state index contributed by atoms with van der Waals surface area (Å²) in [5, 5.41) is 6.52. The van der Waals surface area contributed by atoms with E-state index in [4.69, 9.17) is 0 Å². The Kier molecular flexibility index (Phi) is 5.36. The van der Waals surface area contributed by atoms with Crippen molar-refractivity contribution in [1.82, 2.24) is 9.97 Å². The number of thioether (sulfide) groups is 1. The smallest absolute Gasteiger partial charge is 0.234 e. The molecule has 28 heavy (non-hydrogen) atoms. The van der Waals surface area contributed by atoms with Gasteiger partial charge in [0.25, 0.3) is 0 Å². The van der Waals surface area contributed by atoms with Crippen LogP contribution in [0.5, 0.6) is 0 Å². The number of nitrogens with one attached hydrogen (secondary N) is 1. The monoisotopic (exact) mass is 409 g/mol. The quantitative estimate of drug-likeness (QED) is 0.347. The first kappa shape index (κ1) is 18.6. The van der Waals surface area contributed by atoms with E-state index < -0.39 is 0 Å². The van der Waals surface area contributed by atoms with Crippen molar-refractivity contribution in [2.45, 2.75) is 11.9 Å². The summed E-state index contributed by atoms with van der Waals surface area (Å²) in [6.07, 6.45) is 1.51. The van der Waals surface area contributed by atoms with Crippen molar-refractivity contribution in [3.05, 3.63) is 71.6 Å². The van der Waals surface area contributed by atoms with Gasteiger partial charge in [-0.05, 0) is 36.8 Å². The number of aryl methyl sites for hydroxylation is 1. The molecule has 0 saturated heterocycles. The Balaban J connectivity index is 1.55. The molecule has 140 valence electrons. The first-order chi connectivity index (χ1) is 13.6. The summed E-state index contributed by atoms with van der Waals surface area (Å²) in [6, 6.07) is 14.0. The molecule has 0 unspecified atom stereocenters. The molecule has 1 amide bonds. The zero-order valence-electron chi connectivity index (χ0n) is 15.0. The standard InChI is InChI=1S/C21H16FN3OS2/c1-13-2-8-16(9-3-13)25-18(26)11-28-21-19-17(10-27-20(19)23-12-24-21)14-4-6-15(22)7-5-14/h2-10,12H,11H2,1H3,(H,25,26). The minimum absolute atomic E-state index is 0.0980. The van der Waals surface area contributed by atoms with Gasteiger partial charge in [-0.15, -0.1) is 11.3 Å². The van der Waals surface area contributed by atoms with Crippen LogP contribution in [0.1, 0.15) is 5.56 Å². The molecule has 0 spiro atoms. The van der Waals surface area contributed by atoms with Crippen LogP contribution in [0.3, 0.4) is 0 Å². The first-order valence-electron chi connectivity index (χ1n) is 8.57. The fourth-order valence-corrected chi connectivity index (χ4v) is 4.56. The van der Waals surface area contributed by atoms with Crippen molar-refractivity contribution < 1.29 is 9.18 Å². The maximum Gasteiger partial charge on any atom is 0.234 e. The molecule has 4 aromatic rings. The fraction of sp³-hybridized carbons (Fsp3) is 0.0952. The molecule has 2 aromatic carbocycles. The van der Waals surface area contributed by atoms with Crippen molar-refractivity contribution in [1.29, 1.82) is 0 Å². The number of hydrogen-bond donors (Lipinski definition) is 1. The van der Waals surface area contributed by atoms with Gasteiger partial charge in [-0.2, -0.15) is 0 Å². The van der Waals surface area contributed by atoms with Crippen LogP contribution in [0.4, 0.5) is 10.1 Å². The Morgan fingerprint density at radius 2 is 1.86 bits per heavy atom. The molecular weight excluding hydrogens is 393 g/mol. The second-order valence-corrected chi connectivity index (χ2v) is 8.04. The molecule has 4 rings (SSSR count). The number of nitrogens with zero attached hydrogens (tertiary/aromatic N) is 2. The number of anilines is 1. The summed E-state index contributed by atoms with van der Waals surface area (Å²) in [4.78, 5) is 21.9. The van der Waals surface area contributed by atoms with E-state index >= 15 is 0 Å². The molecule has 0 bridgehead atoms. The average Bonchev–Trinajstić information content (AvgIpc) is 3.13. The first-order valence-corrected chi connectivity index (χ1v) is 10.4. The highest BCUT2D eigenvalue weighted by Gasteiger charge is 2.15. The largest absolute Gasteiger partial charge is 0.325 e. The predicted octanol–water partition coefficient (Wildman–Crippen LogP) is 5.54. The van der Waals surface area contributed by atoms with E-state index in [-0.39, 0.29) is 17.5 Å². The summed E-state index contributed by atoms with van der Waals surface area (Å²) < 4.78 is 13.3. The van der Waals surface area contributed by atoms with Gasteiger partial charge in [0.2, 0.25) is 5.91 Å². The van der Waals surface area contributed by atoms with Crippen molar-refractivity contribution in [2.24, 2.45) is 0 Å². The molecular formula is C21H16FN3OS2. The van der Waals surface area contributed by atoms with Gasteiger partial charge < -0.3 is 5.32 Å². The number of aromatic nitrogens is 2. The summed E-state index contributed by atoms with van der Waals surface area (Å²) in [7, 11) is 0. The zero-order chi connectivity index (χ0) is 19.5. The lowest BCUT2D eigenvalue weighted by Gasteiger charge is -2.07. The highest BCUT2D eigenvalue weighted by atomic mass is 32.2. The molecule has 0 radical (unpaired) electrons. The number of thiophene rings is 1. The van der Waals surface area contributed by atoms with Crippen molar-refractivity contribution in [3.8, 4) is 11.1 Å². The molecule has 1 N–H and O–H groups in total. The van der Waals surface area contributed by atoms with Crippen molar-refractivity contribution >= 4 is 44.9 Å². The maximum atomic E-state index is 13.3. The molecule has 7 heteroatoms. The number of amides is 1. The van der Waals surface area contributed by atoms with Crippen LogP contribution in [0.15, 0.2) is 65.3 Å². The fourth-order valence-electron chi connectivity index (χ4n) is 2.77. The van der Waals surface area contributed by atoms with Gasteiger partial charge in [-0.3, -0.25) is 4.79 Å². The molecule has 0 aliphatic carbocycles. The number of rotatable bonds is 5. The van der Waals surface area contributed by atoms with Crippen LogP contribution < -0.4 is 5.32 Å². The minimum Gasteiger partial charge on any atom is -0.325 e. The van der Waals surface area contributed by atoms with E-state index in [1.807, 2.05) is 36.6 Å². The van der Waals surface area contributed by atoms with Crippen molar-refractivity contribution in [3.63, 3.8) is 0 Å². The normalized spacial score (nSPS) is 10.9. The molecule has 0 atom stereocenters. The lowest BCUT2D eigenvalue weighted by molar-refractivity contribution is -0.113. The number of carbonyl (C=O) groups is 1. The number of halogens is 1. The second kappa shape index (κ2) is 8.08. The van der Waals surface area contributed by atoms with Crippen LogP contribution in [0.25, 0.3) is 21.3 Å². The van der Waals surface area contributed by atoms with Gasteiger partial charge in [-0.25, -0.2) is 14.4 Å². The number of carbonyl (C=O) groups excluding carboxylic acids is 1. The topological polar surface area (TPSA) is 54.9 Å². The van der Waals surface area contributed by atoms with Crippen LogP contribution in [-0.2, 0) is 4.79 Å². The summed E-state index contributed by atoms with van der Waals surface area (Å²) >= 11 is 2.87. The summed E-state index contributed by atoms with van der Waals surface area (Å²) in [6.45, 7) is 2.00. The van der Waals surface area contributed by atoms with Crippen LogP contribution in [0.2, 0.25) is 0 Å². The van der Waals surface area contributed by atoms with Gasteiger partial charge in [-0.1, -0.05) is 41.6 Å². The zero-order valence-corrected chi connectivity index (χ0v) is 16.6. The second-order valence-electron chi connectivity index (χ2n) is 6.22. The predicted molar refractivity (Wildman–Crippen MR) is 113 cm³/mol. The number of fused-ring (bicyclic) bond motifs is 1. The lowest BCUT2D eigenvalue weighted by atomic mass is 10.1. The molecule has 0 aliphatic rings. The molecule has 0 saturated carbocycles. The van der Waals surface area contributed by atoms with E-state index in [9.17, 15) is 9.18 Å². The Morgan fingerprint density at radius 3 is 2.61 bits per heavy atom. The molecule has 2 aromatic heterocycles. The Bertz CT molecular complexity index is 1120. The Labute approximate surface area is 169 Å². The van der Waals surface area contributed by atoms with Crippen LogP contribution in [-0.4, -0.2) is 21.6 Å². The maximum absolute atomic E-state index is 13.3. The van der Waals surface area contributed by atoms with Gasteiger partial charge in [0.15, 0.2) is 0 Å². The molecule has 0 aliphatic heterocycles. The highest BCUT2D eigenvalue weighted by Crippen LogP contribution is 2.37. The SMILES string of the molecule is Cc1ccc(NC(=O)CSc2ncnc3scc(-c4ccc(F)cc4)c23)cc1. The lowest BCUT2D eigenvalue weighted by Crippen LogP contribution is -2.14. The van der Waals surface area contributed by atoms with E-state index in [1.165, 1.54) is 41.6 Å². The van der Waals surface area contributed by atoms with E-state index in [1.54, 1.807) is 12.1 Å². The molecule has 4 nitrogen and oxygen atoms in total. The van der Waals surface area contributed by atoms with Gasteiger partial charge in [0.05, 0.1) is 11.1 Å². The number of benzene rings is 2. The van der Waals surface area contributed by atoms with Gasteiger partial charge >= 0.3 is 0 Å². The summed E-state index contributed by atoms with van der Waals surface area (Å²) in [5.74, 6) is -0.139. The molecule has 0 fully saturated rings. The Morgan fingerprint density at radius 1 is 1.11 bits per heavy atom. The Hall–Kier alpha value is -2.77. The minimum atomic E-state index is -0.276. The van der Waals surface area contributed by atoms with Crippen molar-refractivity contribution in [2.75, 3.05) is 11.1 Å². The van der Waals surface area contributed by atoms with Gasteiger partial charge in [0, 0.05) is 16.6 Å².